The van der Waals surface area contributed by atoms with Crippen molar-refractivity contribution in [2.24, 2.45) is 16.7 Å². The van der Waals surface area contributed by atoms with Gasteiger partial charge in [0.05, 0.1) is 11.2 Å². The fourth-order valence-electron chi connectivity index (χ4n) is 10.1. The van der Waals surface area contributed by atoms with Gasteiger partial charge in [-0.25, -0.2) is 0 Å². The Hall–Kier alpha value is -3.26. The number of fused-ring (bicyclic) bond motifs is 8. The summed E-state index contributed by atoms with van der Waals surface area (Å²) in [6.07, 6.45) is 9.07. The number of ketones is 1. The molecule has 2 saturated carbocycles. The van der Waals surface area contributed by atoms with Gasteiger partial charge < -0.3 is 18.1 Å². The Morgan fingerprint density at radius 3 is 1.84 bits per heavy atom. The lowest BCUT2D eigenvalue weighted by molar-refractivity contribution is -0.128. The zero-order chi connectivity index (χ0) is 35.8. The van der Waals surface area contributed by atoms with Crippen LogP contribution in [0.4, 0.5) is 0 Å². The van der Waals surface area contributed by atoms with Crippen LogP contribution in [0.3, 0.4) is 0 Å². The van der Waals surface area contributed by atoms with Gasteiger partial charge in [0.2, 0.25) is 0 Å². The maximum Gasteiger partial charge on any atom is 0.310 e. The number of hydrogen-bond acceptors (Lipinski definition) is 7. The number of rotatable bonds is 5. The molecule has 7 nitrogen and oxygen atoms in total. The monoisotopic (exact) mass is 700 g/mol. The third kappa shape index (κ3) is 4.86. The van der Waals surface area contributed by atoms with E-state index in [9.17, 15) is 18.3 Å². The molecule has 2 heterocycles. The molecule has 8 heteroatoms. The summed E-state index contributed by atoms with van der Waals surface area (Å²) in [7, 11) is -4.32. The maximum atomic E-state index is 14.7. The van der Waals surface area contributed by atoms with E-state index in [-0.39, 0.29) is 29.0 Å². The predicted molar refractivity (Wildman–Crippen MR) is 197 cm³/mol. The summed E-state index contributed by atoms with van der Waals surface area (Å²) in [5, 5.41) is 14.2. The van der Waals surface area contributed by atoms with Crippen molar-refractivity contribution in [2.45, 2.75) is 137 Å². The zero-order valence-corrected chi connectivity index (χ0v) is 31.8. The summed E-state index contributed by atoms with van der Waals surface area (Å²) in [6, 6.07) is 3.94. The quantitative estimate of drug-likeness (QED) is 0.207. The zero-order valence-electron chi connectivity index (χ0n) is 31.0. The first-order valence-corrected chi connectivity index (χ1v) is 20.3. The molecule has 0 amide bonds. The number of phenols is 1. The second-order valence-electron chi connectivity index (χ2n) is 18.4. The summed E-state index contributed by atoms with van der Waals surface area (Å²) in [6.45, 7) is 16.4. The van der Waals surface area contributed by atoms with Gasteiger partial charge in [-0.05, 0) is 85.7 Å². The molecule has 4 aliphatic carbocycles. The first kappa shape index (κ1) is 33.9. The van der Waals surface area contributed by atoms with Gasteiger partial charge in [-0.1, -0.05) is 55.4 Å². The van der Waals surface area contributed by atoms with Crippen LogP contribution in [0.25, 0.3) is 33.1 Å². The number of carbonyl (C=O) groups is 1. The molecule has 2 aromatic carbocycles. The molecule has 2 fully saturated rings. The summed E-state index contributed by atoms with van der Waals surface area (Å²) in [5.41, 5.74) is 3.60. The fourth-order valence-corrected chi connectivity index (χ4v) is 11.9. The highest BCUT2D eigenvalue weighted by Gasteiger charge is 2.65. The lowest BCUT2D eigenvalue weighted by atomic mass is 9.70. The maximum absolute atomic E-state index is 14.7. The highest BCUT2D eigenvalue weighted by atomic mass is 32.2. The average molecular weight is 701 g/mol. The van der Waals surface area contributed by atoms with E-state index in [1.807, 2.05) is 32.9 Å². The van der Waals surface area contributed by atoms with E-state index in [1.54, 1.807) is 0 Å². The number of furan rings is 2. The molecule has 0 radical (unpaired) electrons. The van der Waals surface area contributed by atoms with Crippen molar-refractivity contribution >= 4 is 37.8 Å². The van der Waals surface area contributed by atoms with Crippen molar-refractivity contribution in [3.05, 3.63) is 45.9 Å². The molecule has 0 aliphatic heterocycles. The molecule has 8 rings (SSSR count). The van der Waals surface area contributed by atoms with Crippen molar-refractivity contribution < 1.29 is 31.3 Å². The lowest BCUT2D eigenvalue weighted by Crippen LogP contribution is -2.43. The van der Waals surface area contributed by atoms with Crippen LogP contribution in [-0.4, -0.2) is 25.1 Å². The second kappa shape index (κ2) is 10.9. The van der Waals surface area contributed by atoms with E-state index in [2.05, 4.69) is 34.6 Å². The third-order valence-corrected chi connectivity index (χ3v) is 14.3. The van der Waals surface area contributed by atoms with Crippen LogP contribution in [0.1, 0.15) is 134 Å². The Morgan fingerprint density at radius 2 is 1.34 bits per heavy atom. The number of carbonyl (C=O) groups excluding carboxylic acids is 1. The molecule has 0 spiro atoms. The van der Waals surface area contributed by atoms with Gasteiger partial charge in [-0.15, -0.1) is 0 Å². The van der Waals surface area contributed by atoms with E-state index in [1.165, 1.54) is 0 Å². The first-order chi connectivity index (χ1) is 23.3. The van der Waals surface area contributed by atoms with Gasteiger partial charge >= 0.3 is 10.1 Å². The van der Waals surface area contributed by atoms with E-state index in [0.29, 0.717) is 40.7 Å². The SMILES string of the molecule is CC(C)(C)c1cc2oc3c(c2c(-c2c(OS(=O)(=O)C[C@]45CC[C@H](CC4=O)C5(C)C)c(C(C)(C)C)cc4oc5c(c24)CCCC5)c1O)CCCC3. The molecule has 50 heavy (non-hydrogen) atoms. The topological polar surface area (TPSA) is 107 Å². The van der Waals surface area contributed by atoms with Gasteiger partial charge in [-0.3, -0.25) is 4.79 Å². The normalized spacial score (nSPS) is 23.5. The minimum Gasteiger partial charge on any atom is -0.507 e. The number of benzene rings is 2. The van der Waals surface area contributed by atoms with E-state index >= 15 is 0 Å². The van der Waals surface area contributed by atoms with Crippen LogP contribution < -0.4 is 4.18 Å². The first-order valence-electron chi connectivity index (χ1n) is 18.7. The molecule has 2 aromatic heterocycles. The van der Waals surface area contributed by atoms with E-state index < -0.39 is 31.8 Å². The number of aryl methyl sites for hydroxylation is 4. The Kier molecular flexibility index (Phi) is 7.37. The molecular weight excluding hydrogens is 649 g/mol. The minimum absolute atomic E-state index is 0.0313. The molecule has 1 N–H and O–H groups in total. The lowest BCUT2D eigenvalue weighted by Gasteiger charge is -2.36. The van der Waals surface area contributed by atoms with E-state index in [4.69, 9.17) is 13.0 Å². The molecule has 0 saturated heterocycles. The third-order valence-electron chi connectivity index (χ3n) is 13.1. The van der Waals surface area contributed by atoms with Crippen molar-refractivity contribution in [1.29, 1.82) is 0 Å². The van der Waals surface area contributed by atoms with Gasteiger partial charge in [0.15, 0.2) is 5.75 Å². The Bertz CT molecular complexity index is 2200. The molecular formula is C42H52O7S. The molecule has 0 unspecified atom stereocenters. The van der Waals surface area contributed by atoms with E-state index in [0.717, 1.165) is 96.8 Å². The smallest absolute Gasteiger partial charge is 0.310 e. The summed E-state index contributed by atoms with van der Waals surface area (Å²) < 4.78 is 49.2. The van der Waals surface area contributed by atoms with Crippen molar-refractivity contribution in [3.8, 4) is 22.6 Å². The van der Waals surface area contributed by atoms with Gasteiger partial charge in [-0.2, -0.15) is 8.42 Å². The molecule has 2 atom stereocenters. The molecule has 4 aromatic rings. The van der Waals surface area contributed by atoms with Crippen molar-refractivity contribution in [2.75, 3.05) is 5.75 Å². The van der Waals surface area contributed by atoms with Crippen LogP contribution in [0, 0.1) is 16.7 Å². The van der Waals surface area contributed by atoms with Crippen LogP contribution >= 0.6 is 0 Å². The molecule has 268 valence electrons. The van der Waals surface area contributed by atoms with Crippen molar-refractivity contribution in [1.82, 2.24) is 0 Å². The Labute approximate surface area is 296 Å². The largest absolute Gasteiger partial charge is 0.507 e. The minimum atomic E-state index is -4.32. The standard InChI is InChI=1S/C42H52O7S/c1-39(2,3)26-20-30-33(24-13-9-11-15-28(24)47-30)35(37(26)44)36-34-25-14-10-12-16-29(25)48-31(34)21-27(40(4,5)6)38(36)49-50(45,46)22-42-18-17-23(19-32(42)43)41(42,7)8/h20-21,23,44H,9-19,22H2,1-8H3/t23-,42-/m1/s1. The average Bonchev–Trinajstić information content (AvgIpc) is 3.69. The molecule has 2 bridgehead atoms. The van der Waals surface area contributed by atoms with Gasteiger partial charge in [0.1, 0.15) is 34.2 Å². The van der Waals surface area contributed by atoms with Crippen LogP contribution in [0.5, 0.6) is 11.5 Å². The molecule has 4 aliphatic rings. The van der Waals surface area contributed by atoms with Gasteiger partial charge in [0, 0.05) is 63.4 Å². The summed E-state index contributed by atoms with van der Waals surface area (Å²) in [4.78, 5) is 13.6. The van der Waals surface area contributed by atoms with Crippen molar-refractivity contribution in [3.63, 3.8) is 0 Å². The van der Waals surface area contributed by atoms with Gasteiger partial charge in [0.25, 0.3) is 0 Å². The van der Waals surface area contributed by atoms with Crippen LogP contribution in [-0.2, 0) is 51.4 Å². The second-order valence-corrected chi connectivity index (χ2v) is 20.0. The predicted octanol–water partition coefficient (Wildman–Crippen LogP) is 10.0. The Morgan fingerprint density at radius 1 is 0.820 bits per heavy atom. The van der Waals surface area contributed by atoms with Crippen LogP contribution in [0.2, 0.25) is 0 Å². The number of aromatic hydroxyl groups is 1. The Balaban J connectivity index is 1.48. The highest BCUT2D eigenvalue weighted by molar-refractivity contribution is 7.87. The number of Topliss-reactive ketones (excluding diaryl/α,β-unsaturated/α-hetero) is 1. The fraction of sp³-hybridized carbons (Fsp3) is 0.595. The van der Waals surface area contributed by atoms with Crippen LogP contribution in [0.15, 0.2) is 21.0 Å². The number of phenolic OH excluding ortho intramolecular Hbond substituents is 1. The highest BCUT2D eigenvalue weighted by Crippen LogP contribution is 2.64. The number of hydrogen-bond donors (Lipinski definition) is 1. The summed E-state index contributed by atoms with van der Waals surface area (Å²) in [5.74, 6) is 2.03. The summed E-state index contributed by atoms with van der Waals surface area (Å²) >= 11 is 0.